The van der Waals surface area contributed by atoms with Crippen molar-refractivity contribution in [2.75, 3.05) is 24.5 Å². The molecule has 152 valence electrons. The molecule has 0 bridgehead atoms. The molecule has 3 heterocycles. The van der Waals surface area contributed by atoms with E-state index < -0.39 is 17.7 Å². The number of carbonyl (C=O) groups excluding carboxylic acids is 2. The summed E-state index contributed by atoms with van der Waals surface area (Å²) in [4.78, 5) is 43.5. The monoisotopic (exact) mass is 391 g/mol. The van der Waals surface area contributed by atoms with Gasteiger partial charge in [-0.3, -0.25) is 14.4 Å². The van der Waals surface area contributed by atoms with E-state index in [4.69, 9.17) is 5.11 Å². The van der Waals surface area contributed by atoms with E-state index in [2.05, 4.69) is 4.98 Å². The van der Waals surface area contributed by atoms with Crippen LogP contribution in [0.4, 0.5) is 10.2 Å². The first kappa shape index (κ1) is 20.2. The summed E-state index contributed by atoms with van der Waals surface area (Å²) in [6, 6.07) is 1.24. The van der Waals surface area contributed by atoms with E-state index in [0.717, 1.165) is 6.42 Å². The highest BCUT2D eigenvalue weighted by molar-refractivity contribution is 5.97. The van der Waals surface area contributed by atoms with Gasteiger partial charge in [0.25, 0.3) is 0 Å². The molecule has 1 aromatic rings. The molecule has 2 saturated heterocycles. The number of halogens is 1. The van der Waals surface area contributed by atoms with Gasteiger partial charge in [-0.25, -0.2) is 9.37 Å². The molecule has 0 atom stereocenters. The van der Waals surface area contributed by atoms with Gasteiger partial charge < -0.3 is 14.9 Å². The number of aromatic nitrogens is 1. The van der Waals surface area contributed by atoms with Crippen LogP contribution in [0.25, 0.3) is 0 Å². The molecule has 0 unspecified atom stereocenters. The van der Waals surface area contributed by atoms with E-state index in [0.29, 0.717) is 57.4 Å². The maximum atomic E-state index is 14.8. The molecule has 0 saturated carbocycles. The first-order valence-corrected chi connectivity index (χ1v) is 9.88. The minimum absolute atomic E-state index is 0.0174. The second-order valence-electron chi connectivity index (χ2n) is 7.48. The molecule has 0 aromatic carbocycles. The van der Waals surface area contributed by atoms with Crippen LogP contribution in [0.3, 0.4) is 0 Å². The standard InChI is InChI=1S/C20H26FN3O4/c1-2-4-17(25)14-11-15(21)19(23-9-6-13(7-10-23)20(27)28)22-16(14)12-24-8-3-5-18(24)26/h11,13H,2-10,12H2,1H3,(H,27,28). The first-order chi connectivity index (χ1) is 13.4. The maximum Gasteiger partial charge on any atom is 0.306 e. The van der Waals surface area contributed by atoms with Crippen molar-refractivity contribution in [3.05, 3.63) is 23.1 Å². The van der Waals surface area contributed by atoms with Crippen LogP contribution in [0, 0.1) is 11.7 Å². The summed E-state index contributed by atoms with van der Waals surface area (Å²) in [6.07, 6.45) is 3.04. The number of carboxylic acid groups (broad SMARTS) is 1. The van der Waals surface area contributed by atoms with Gasteiger partial charge in [-0.05, 0) is 31.7 Å². The molecule has 1 aromatic heterocycles. The summed E-state index contributed by atoms with van der Waals surface area (Å²) in [6.45, 7) is 3.48. The van der Waals surface area contributed by atoms with Gasteiger partial charge in [-0.15, -0.1) is 0 Å². The molecule has 7 nitrogen and oxygen atoms in total. The lowest BCUT2D eigenvalue weighted by Gasteiger charge is -2.32. The number of ketones is 1. The number of hydrogen-bond donors (Lipinski definition) is 1. The van der Waals surface area contributed by atoms with Crippen LogP contribution < -0.4 is 4.90 Å². The fourth-order valence-corrected chi connectivity index (χ4v) is 3.85. The lowest BCUT2D eigenvalue weighted by molar-refractivity contribution is -0.142. The van der Waals surface area contributed by atoms with E-state index in [-0.39, 0.29) is 29.6 Å². The number of carbonyl (C=O) groups is 3. The van der Waals surface area contributed by atoms with E-state index in [9.17, 15) is 18.8 Å². The third-order valence-electron chi connectivity index (χ3n) is 5.47. The van der Waals surface area contributed by atoms with Crippen LogP contribution in [0.1, 0.15) is 61.5 Å². The van der Waals surface area contributed by atoms with Crippen molar-refractivity contribution >= 4 is 23.5 Å². The lowest BCUT2D eigenvalue weighted by Crippen LogP contribution is -2.37. The maximum absolute atomic E-state index is 14.8. The summed E-state index contributed by atoms with van der Waals surface area (Å²) in [5.41, 5.74) is 0.661. The Morgan fingerprint density at radius 2 is 2.00 bits per heavy atom. The van der Waals surface area contributed by atoms with Gasteiger partial charge in [0.1, 0.15) is 0 Å². The fraction of sp³-hybridized carbons (Fsp3) is 0.600. The molecule has 28 heavy (non-hydrogen) atoms. The molecule has 0 aliphatic carbocycles. The number of nitrogens with zero attached hydrogens (tertiary/aromatic N) is 3. The van der Waals surface area contributed by atoms with Crippen molar-refractivity contribution < 1.29 is 23.9 Å². The number of anilines is 1. The number of piperidine rings is 1. The van der Waals surface area contributed by atoms with Gasteiger partial charge in [-0.2, -0.15) is 0 Å². The number of hydrogen-bond acceptors (Lipinski definition) is 5. The predicted octanol–water partition coefficient (Wildman–Crippen LogP) is 2.63. The predicted molar refractivity (Wildman–Crippen MR) is 101 cm³/mol. The Hall–Kier alpha value is -2.51. The highest BCUT2D eigenvalue weighted by Crippen LogP contribution is 2.28. The quantitative estimate of drug-likeness (QED) is 0.719. The topological polar surface area (TPSA) is 90.8 Å². The summed E-state index contributed by atoms with van der Waals surface area (Å²) >= 11 is 0. The lowest BCUT2D eigenvalue weighted by atomic mass is 9.97. The zero-order valence-corrected chi connectivity index (χ0v) is 16.1. The highest BCUT2D eigenvalue weighted by Gasteiger charge is 2.29. The molecular weight excluding hydrogens is 365 g/mol. The highest BCUT2D eigenvalue weighted by atomic mass is 19.1. The average Bonchev–Trinajstić information content (AvgIpc) is 3.07. The Kier molecular flexibility index (Phi) is 6.26. The molecule has 2 aliphatic rings. The van der Waals surface area contributed by atoms with Gasteiger partial charge in [0.05, 0.1) is 18.2 Å². The van der Waals surface area contributed by atoms with E-state index >= 15 is 0 Å². The Balaban J connectivity index is 1.89. The van der Waals surface area contributed by atoms with E-state index in [1.807, 2.05) is 6.92 Å². The Labute approximate surface area is 163 Å². The van der Waals surface area contributed by atoms with Crippen LogP contribution >= 0.6 is 0 Å². The van der Waals surface area contributed by atoms with Crippen LogP contribution in [-0.4, -0.2) is 52.3 Å². The number of likely N-dealkylation sites (tertiary alicyclic amines) is 1. The number of aliphatic carboxylic acids is 1. The van der Waals surface area contributed by atoms with E-state index in [1.165, 1.54) is 6.07 Å². The Bertz CT molecular complexity index is 775. The Morgan fingerprint density at radius 1 is 1.29 bits per heavy atom. The minimum atomic E-state index is -0.832. The summed E-state index contributed by atoms with van der Waals surface area (Å²) in [7, 11) is 0. The van der Waals surface area contributed by atoms with Crippen molar-refractivity contribution in [1.82, 2.24) is 9.88 Å². The third-order valence-corrected chi connectivity index (χ3v) is 5.47. The van der Waals surface area contributed by atoms with Gasteiger partial charge in [0.15, 0.2) is 17.4 Å². The number of carboxylic acids is 1. The van der Waals surface area contributed by atoms with Gasteiger partial charge in [-0.1, -0.05) is 6.92 Å². The molecule has 3 rings (SSSR count). The number of Topliss-reactive ketones (excluding diaryl/α,β-unsaturated/α-hetero) is 1. The number of amides is 1. The van der Waals surface area contributed by atoms with Crippen LogP contribution in [0.2, 0.25) is 0 Å². The van der Waals surface area contributed by atoms with Crippen molar-refractivity contribution in [1.29, 1.82) is 0 Å². The van der Waals surface area contributed by atoms with Crippen LogP contribution in [-0.2, 0) is 16.1 Å². The number of pyridine rings is 1. The summed E-state index contributed by atoms with van der Waals surface area (Å²) in [5.74, 6) is -1.85. The zero-order valence-electron chi connectivity index (χ0n) is 16.1. The van der Waals surface area contributed by atoms with Crippen molar-refractivity contribution in [3.63, 3.8) is 0 Å². The van der Waals surface area contributed by atoms with Crippen molar-refractivity contribution in [2.24, 2.45) is 5.92 Å². The molecule has 1 amide bonds. The van der Waals surface area contributed by atoms with Crippen molar-refractivity contribution in [2.45, 2.75) is 52.0 Å². The smallest absolute Gasteiger partial charge is 0.306 e. The Morgan fingerprint density at radius 3 is 2.57 bits per heavy atom. The van der Waals surface area contributed by atoms with Gasteiger partial charge >= 0.3 is 5.97 Å². The number of rotatable bonds is 7. The normalized spacial score (nSPS) is 18.0. The molecule has 2 fully saturated rings. The average molecular weight is 391 g/mol. The van der Waals surface area contributed by atoms with Gasteiger partial charge in [0.2, 0.25) is 5.91 Å². The summed E-state index contributed by atoms with van der Waals surface area (Å²) in [5, 5.41) is 9.14. The van der Waals surface area contributed by atoms with Gasteiger partial charge in [0, 0.05) is 38.0 Å². The first-order valence-electron chi connectivity index (χ1n) is 9.88. The van der Waals surface area contributed by atoms with Crippen molar-refractivity contribution in [3.8, 4) is 0 Å². The summed E-state index contributed by atoms with van der Waals surface area (Å²) < 4.78 is 14.8. The molecule has 0 radical (unpaired) electrons. The molecule has 0 spiro atoms. The fourth-order valence-electron chi connectivity index (χ4n) is 3.85. The molecule has 1 N–H and O–H groups in total. The third kappa shape index (κ3) is 4.31. The zero-order chi connectivity index (χ0) is 20.3. The second kappa shape index (κ2) is 8.67. The second-order valence-corrected chi connectivity index (χ2v) is 7.48. The van der Waals surface area contributed by atoms with Crippen LogP contribution in [0.15, 0.2) is 6.07 Å². The molecule has 8 heteroatoms. The van der Waals surface area contributed by atoms with Crippen LogP contribution in [0.5, 0.6) is 0 Å². The largest absolute Gasteiger partial charge is 0.481 e. The molecule has 2 aliphatic heterocycles. The van der Waals surface area contributed by atoms with E-state index in [1.54, 1.807) is 9.80 Å². The minimum Gasteiger partial charge on any atom is -0.481 e. The molecular formula is C20H26FN3O4. The SMILES string of the molecule is CCCC(=O)c1cc(F)c(N2CCC(C(=O)O)CC2)nc1CN1CCCC1=O.